The van der Waals surface area contributed by atoms with Crippen LogP contribution in [0, 0.1) is 12.3 Å². The fourth-order valence-corrected chi connectivity index (χ4v) is 0.572. The molecule has 0 fully saturated rings. The molecule has 0 aromatic carbocycles. The highest BCUT2D eigenvalue weighted by Crippen LogP contribution is 1.74. The number of aliphatic hydroxyl groups is 1. The average Bonchev–Trinajstić information content (AvgIpc) is 2.01. The molecule has 0 aliphatic heterocycles. The second-order valence-electron chi connectivity index (χ2n) is 2.46. The molecule has 1 atom stereocenters. The van der Waals surface area contributed by atoms with Crippen LogP contribution in [0.4, 0.5) is 0 Å². The lowest BCUT2D eigenvalue weighted by molar-refractivity contribution is -0.120. The first-order chi connectivity index (χ1) is 5.66. The van der Waals surface area contributed by atoms with Crippen LogP contribution in [0.1, 0.15) is 6.92 Å². The topological polar surface area (TPSA) is 61.4 Å². The molecule has 3 N–H and O–H groups in total. The molecule has 0 aromatic heterocycles. The monoisotopic (exact) mass is 170 g/mol. The zero-order chi connectivity index (χ0) is 9.40. The molecular formula is C8H14N2O2. The lowest BCUT2D eigenvalue weighted by atomic mass is 10.4. The van der Waals surface area contributed by atoms with Crippen molar-refractivity contribution in [2.75, 3.05) is 19.6 Å². The van der Waals surface area contributed by atoms with Crippen molar-refractivity contribution in [1.82, 2.24) is 10.6 Å². The minimum Gasteiger partial charge on any atom is -0.392 e. The van der Waals surface area contributed by atoms with Crippen molar-refractivity contribution >= 4 is 5.91 Å². The van der Waals surface area contributed by atoms with E-state index in [4.69, 9.17) is 11.5 Å². The lowest BCUT2D eigenvalue weighted by Gasteiger charge is -2.06. The zero-order valence-corrected chi connectivity index (χ0v) is 7.13. The normalized spacial score (nSPS) is 11.8. The number of hydrogen-bond acceptors (Lipinski definition) is 3. The van der Waals surface area contributed by atoms with Crippen molar-refractivity contribution < 1.29 is 9.90 Å². The minimum atomic E-state index is -0.512. The number of carbonyl (C=O) groups excluding carboxylic acids is 1. The summed E-state index contributed by atoms with van der Waals surface area (Å²) in [6.45, 7) is 2.45. The maximum atomic E-state index is 10.9. The van der Waals surface area contributed by atoms with Gasteiger partial charge in [0.15, 0.2) is 0 Å². The minimum absolute atomic E-state index is 0.161. The molecule has 4 heteroatoms. The van der Waals surface area contributed by atoms with Crippen molar-refractivity contribution in [2.24, 2.45) is 0 Å². The summed E-state index contributed by atoms with van der Waals surface area (Å²) >= 11 is 0. The van der Waals surface area contributed by atoms with Gasteiger partial charge in [-0.25, -0.2) is 0 Å². The van der Waals surface area contributed by atoms with Gasteiger partial charge < -0.3 is 10.4 Å². The second-order valence-corrected chi connectivity index (χ2v) is 2.46. The number of hydrogen-bond donors (Lipinski definition) is 3. The second kappa shape index (κ2) is 6.65. The average molecular weight is 170 g/mol. The summed E-state index contributed by atoms with van der Waals surface area (Å²) in [6, 6.07) is 0. The number of amides is 1. The molecule has 0 aliphatic rings. The molecule has 0 rings (SSSR count). The van der Waals surface area contributed by atoms with Crippen LogP contribution in [0.25, 0.3) is 0 Å². The van der Waals surface area contributed by atoms with E-state index in [0.717, 1.165) is 0 Å². The van der Waals surface area contributed by atoms with Gasteiger partial charge in [0.05, 0.1) is 19.2 Å². The molecule has 1 unspecified atom stereocenters. The quantitative estimate of drug-likeness (QED) is 0.355. The van der Waals surface area contributed by atoms with Crippen molar-refractivity contribution in [2.45, 2.75) is 13.0 Å². The summed E-state index contributed by atoms with van der Waals surface area (Å²) in [4.78, 5) is 10.9. The molecule has 0 spiro atoms. The predicted octanol–water partition coefficient (Wildman–Crippen LogP) is -1.29. The van der Waals surface area contributed by atoms with Gasteiger partial charge in [0.25, 0.3) is 0 Å². The van der Waals surface area contributed by atoms with Crippen LogP contribution in [-0.4, -0.2) is 36.8 Å². The third kappa shape index (κ3) is 7.06. The van der Waals surface area contributed by atoms with E-state index in [-0.39, 0.29) is 19.0 Å². The Kier molecular flexibility index (Phi) is 6.07. The molecular weight excluding hydrogens is 156 g/mol. The van der Waals surface area contributed by atoms with E-state index >= 15 is 0 Å². The number of carbonyl (C=O) groups is 1. The Labute approximate surface area is 72.3 Å². The summed E-state index contributed by atoms with van der Waals surface area (Å²) in [5.74, 6) is 2.19. The third-order valence-electron chi connectivity index (χ3n) is 1.11. The Morgan fingerprint density at radius 1 is 1.75 bits per heavy atom. The first kappa shape index (κ1) is 11.0. The van der Waals surface area contributed by atoms with Gasteiger partial charge in [0.1, 0.15) is 0 Å². The number of rotatable bonds is 5. The van der Waals surface area contributed by atoms with Gasteiger partial charge >= 0.3 is 0 Å². The summed E-state index contributed by atoms with van der Waals surface area (Å²) in [5.41, 5.74) is 0. The Morgan fingerprint density at radius 2 is 2.42 bits per heavy atom. The Bertz CT molecular complexity index is 172. The van der Waals surface area contributed by atoms with Crippen molar-refractivity contribution in [3.05, 3.63) is 0 Å². The van der Waals surface area contributed by atoms with Gasteiger partial charge in [-0.2, -0.15) is 0 Å². The first-order valence-electron chi connectivity index (χ1n) is 3.75. The van der Waals surface area contributed by atoms with Crippen molar-refractivity contribution in [3.8, 4) is 12.3 Å². The molecule has 0 saturated heterocycles. The molecule has 0 aliphatic carbocycles. The van der Waals surface area contributed by atoms with Gasteiger partial charge in [-0.3, -0.25) is 10.1 Å². The SMILES string of the molecule is C#CCNCC(=O)NCC(C)O. The maximum absolute atomic E-state index is 10.9. The van der Waals surface area contributed by atoms with E-state index in [0.29, 0.717) is 6.54 Å². The standard InChI is InChI=1S/C8H14N2O2/c1-3-4-9-6-8(12)10-5-7(2)11/h1,7,9,11H,4-6H2,2H3,(H,10,12). The van der Waals surface area contributed by atoms with Gasteiger partial charge in [-0.15, -0.1) is 6.42 Å². The van der Waals surface area contributed by atoms with Gasteiger partial charge in [0, 0.05) is 6.54 Å². The van der Waals surface area contributed by atoms with E-state index < -0.39 is 6.10 Å². The van der Waals surface area contributed by atoms with E-state index in [2.05, 4.69) is 16.6 Å². The molecule has 68 valence electrons. The van der Waals surface area contributed by atoms with Crippen LogP contribution in [0.5, 0.6) is 0 Å². The highest BCUT2D eigenvalue weighted by molar-refractivity contribution is 5.77. The van der Waals surface area contributed by atoms with Gasteiger partial charge in [0.2, 0.25) is 5.91 Å². The highest BCUT2D eigenvalue weighted by atomic mass is 16.3. The van der Waals surface area contributed by atoms with Crippen LogP contribution in [0.15, 0.2) is 0 Å². The Hall–Kier alpha value is -1.05. The largest absolute Gasteiger partial charge is 0.392 e. The lowest BCUT2D eigenvalue weighted by Crippen LogP contribution is -2.37. The number of aliphatic hydroxyl groups excluding tert-OH is 1. The predicted molar refractivity (Wildman–Crippen MR) is 46.4 cm³/mol. The van der Waals surface area contributed by atoms with Crippen molar-refractivity contribution in [1.29, 1.82) is 0 Å². The first-order valence-corrected chi connectivity index (χ1v) is 3.75. The fourth-order valence-electron chi connectivity index (χ4n) is 0.572. The molecule has 1 amide bonds. The van der Waals surface area contributed by atoms with Crippen LogP contribution < -0.4 is 10.6 Å². The summed E-state index contributed by atoms with van der Waals surface area (Å²) in [6.07, 6.45) is 4.44. The highest BCUT2D eigenvalue weighted by Gasteiger charge is 2.00. The Morgan fingerprint density at radius 3 is 2.92 bits per heavy atom. The van der Waals surface area contributed by atoms with E-state index in [1.54, 1.807) is 6.92 Å². The summed E-state index contributed by atoms with van der Waals surface area (Å²) in [7, 11) is 0. The fraction of sp³-hybridized carbons (Fsp3) is 0.625. The molecule has 4 nitrogen and oxygen atoms in total. The van der Waals surface area contributed by atoms with E-state index in [9.17, 15) is 4.79 Å². The number of nitrogens with one attached hydrogen (secondary N) is 2. The molecule has 12 heavy (non-hydrogen) atoms. The maximum Gasteiger partial charge on any atom is 0.234 e. The number of terminal acetylenes is 1. The van der Waals surface area contributed by atoms with Crippen molar-refractivity contribution in [3.63, 3.8) is 0 Å². The van der Waals surface area contributed by atoms with Crippen LogP contribution >= 0.6 is 0 Å². The molecule has 0 radical (unpaired) electrons. The molecule has 0 saturated carbocycles. The van der Waals surface area contributed by atoms with Gasteiger partial charge in [-0.05, 0) is 6.92 Å². The smallest absolute Gasteiger partial charge is 0.234 e. The van der Waals surface area contributed by atoms with Crippen LogP contribution in [0.2, 0.25) is 0 Å². The Balaban J connectivity index is 3.29. The van der Waals surface area contributed by atoms with E-state index in [1.807, 2.05) is 0 Å². The van der Waals surface area contributed by atoms with Crippen LogP contribution in [-0.2, 0) is 4.79 Å². The summed E-state index contributed by atoms with van der Waals surface area (Å²) in [5, 5.41) is 14.1. The van der Waals surface area contributed by atoms with Gasteiger partial charge in [-0.1, -0.05) is 5.92 Å². The molecule has 0 heterocycles. The van der Waals surface area contributed by atoms with E-state index in [1.165, 1.54) is 0 Å². The summed E-state index contributed by atoms with van der Waals surface area (Å²) < 4.78 is 0. The third-order valence-corrected chi connectivity index (χ3v) is 1.11. The molecule has 0 bridgehead atoms. The molecule has 0 aromatic rings. The van der Waals surface area contributed by atoms with Crippen LogP contribution in [0.3, 0.4) is 0 Å². The zero-order valence-electron chi connectivity index (χ0n) is 7.13.